The van der Waals surface area contributed by atoms with Crippen LogP contribution in [0.4, 0.5) is 5.13 Å². The summed E-state index contributed by atoms with van der Waals surface area (Å²) < 4.78 is 5.70. The third-order valence-electron chi connectivity index (χ3n) is 2.97. The molecule has 7 nitrogen and oxygen atoms in total. The average Bonchev–Trinajstić information content (AvgIpc) is 3.05. The molecule has 0 unspecified atom stereocenters. The predicted molar refractivity (Wildman–Crippen MR) is 89.3 cm³/mol. The van der Waals surface area contributed by atoms with Crippen molar-refractivity contribution in [2.24, 2.45) is 5.73 Å². The molecule has 3 aromatic rings. The lowest BCUT2D eigenvalue weighted by Crippen LogP contribution is -2.13. The van der Waals surface area contributed by atoms with Crippen LogP contribution in [0.1, 0.15) is 20.0 Å². The topological polar surface area (TPSA) is 107 Å². The van der Waals surface area contributed by atoms with Gasteiger partial charge in [-0.25, -0.2) is 4.98 Å². The fourth-order valence-electron chi connectivity index (χ4n) is 1.87. The molecular formula is C16H12N4O3S. The van der Waals surface area contributed by atoms with Crippen molar-refractivity contribution in [2.45, 2.75) is 0 Å². The number of benzene rings is 1. The first-order chi connectivity index (χ1) is 11.6. The smallest absolute Gasteiger partial charge is 0.261 e. The normalized spacial score (nSPS) is 10.2. The number of hydrogen-bond donors (Lipinski definition) is 2. The van der Waals surface area contributed by atoms with Gasteiger partial charge >= 0.3 is 0 Å². The Labute approximate surface area is 141 Å². The number of nitrogens with one attached hydrogen (secondary N) is 1. The Hall–Kier alpha value is -3.26. The zero-order chi connectivity index (χ0) is 16.9. The molecule has 0 bridgehead atoms. The molecule has 0 saturated carbocycles. The number of anilines is 1. The Kier molecular flexibility index (Phi) is 4.48. The minimum atomic E-state index is -0.593. The third kappa shape index (κ3) is 3.55. The molecule has 8 heteroatoms. The van der Waals surface area contributed by atoms with E-state index in [0.29, 0.717) is 17.1 Å². The number of hydrogen-bond acceptors (Lipinski definition) is 6. The summed E-state index contributed by atoms with van der Waals surface area (Å²) in [5.41, 5.74) is 5.47. The molecule has 0 aliphatic heterocycles. The van der Waals surface area contributed by atoms with Crippen molar-refractivity contribution < 1.29 is 14.3 Å². The Bertz CT molecular complexity index is 880. The van der Waals surface area contributed by atoms with E-state index in [0.717, 1.165) is 11.3 Å². The summed E-state index contributed by atoms with van der Waals surface area (Å²) >= 11 is 1.000. The zero-order valence-electron chi connectivity index (χ0n) is 12.3. The molecule has 0 atom stereocenters. The Morgan fingerprint density at radius 3 is 2.62 bits per heavy atom. The molecule has 0 radical (unpaired) electrons. The first-order valence-corrected chi connectivity index (χ1v) is 7.69. The van der Waals surface area contributed by atoms with Gasteiger partial charge in [0.15, 0.2) is 10.9 Å². The van der Waals surface area contributed by atoms with Crippen LogP contribution in [0.2, 0.25) is 0 Å². The number of nitrogens with two attached hydrogens (primary N) is 1. The number of pyridine rings is 1. The quantitative estimate of drug-likeness (QED) is 0.742. The highest BCUT2D eigenvalue weighted by molar-refractivity contribution is 7.17. The second-order valence-electron chi connectivity index (χ2n) is 4.63. The molecule has 2 aromatic heterocycles. The van der Waals surface area contributed by atoms with E-state index in [4.69, 9.17) is 10.5 Å². The Morgan fingerprint density at radius 1 is 1.12 bits per heavy atom. The Morgan fingerprint density at radius 2 is 1.92 bits per heavy atom. The van der Waals surface area contributed by atoms with E-state index in [1.54, 1.807) is 12.1 Å². The lowest BCUT2D eigenvalue weighted by Gasteiger charge is -2.09. The molecule has 2 heterocycles. The molecule has 2 amide bonds. The number of ether oxygens (including phenoxy) is 1. The van der Waals surface area contributed by atoms with Crippen LogP contribution in [0.5, 0.6) is 11.5 Å². The largest absolute Gasteiger partial charge is 0.455 e. The van der Waals surface area contributed by atoms with E-state index >= 15 is 0 Å². The number of primary amides is 1. The fourth-order valence-corrected chi connectivity index (χ4v) is 2.54. The standard InChI is InChI=1S/C16H12N4O3S/c17-14(21)13-9-19-16(24-13)20-15(22)11-6-7-18-8-12(11)23-10-4-2-1-3-5-10/h1-9H,(H2,17,21)(H,19,20,22). The van der Waals surface area contributed by atoms with Gasteiger partial charge in [-0.15, -0.1) is 0 Å². The van der Waals surface area contributed by atoms with Gasteiger partial charge in [0.05, 0.1) is 18.0 Å². The summed E-state index contributed by atoms with van der Waals surface area (Å²) in [7, 11) is 0. The van der Waals surface area contributed by atoms with Gasteiger partial charge in [-0.3, -0.25) is 19.9 Å². The first-order valence-electron chi connectivity index (χ1n) is 6.87. The minimum Gasteiger partial charge on any atom is -0.455 e. The number of aromatic nitrogens is 2. The summed E-state index contributed by atoms with van der Waals surface area (Å²) in [6, 6.07) is 10.6. The molecule has 24 heavy (non-hydrogen) atoms. The average molecular weight is 340 g/mol. The molecule has 0 fully saturated rings. The summed E-state index contributed by atoms with van der Waals surface area (Å²) in [6.07, 6.45) is 4.26. The summed E-state index contributed by atoms with van der Waals surface area (Å²) in [6.45, 7) is 0. The van der Waals surface area contributed by atoms with Crippen molar-refractivity contribution in [1.82, 2.24) is 9.97 Å². The van der Waals surface area contributed by atoms with E-state index < -0.39 is 11.8 Å². The molecule has 0 aliphatic rings. The van der Waals surface area contributed by atoms with Crippen molar-refractivity contribution in [2.75, 3.05) is 5.32 Å². The lowest BCUT2D eigenvalue weighted by atomic mass is 10.2. The molecule has 3 rings (SSSR count). The van der Waals surface area contributed by atoms with Crippen LogP contribution >= 0.6 is 11.3 Å². The number of nitrogens with zero attached hydrogens (tertiary/aromatic N) is 2. The van der Waals surface area contributed by atoms with Crippen LogP contribution in [0.3, 0.4) is 0 Å². The van der Waals surface area contributed by atoms with E-state index in [2.05, 4.69) is 15.3 Å². The third-order valence-corrected chi connectivity index (χ3v) is 3.90. The van der Waals surface area contributed by atoms with Gasteiger partial charge in [-0.1, -0.05) is 29.5 Å². The molecule has 0 spiro atoms. The monoisotopic (exact) mass is 340 g/mol. The van der Waals surface area contributed by atoms with E-state index in [-0.39, 0.29) is 10.0 Å². The highest BCUT2D eigenvalue weighted by Crippen LogP contribution is 2.25. The molecule has 120 valence electrons. The predicted octanol–water partition coefficient (Wildman–Crippen LogP) is 2.68. The first kappa shape index (κ1) is 15.6. The van der Waals surface area contributed by atoms with Crippen LogP contribution in [0.15, 0.2) is 55.0 Å². The van der Waals surface area contributed by atoms with Crippen molar-refractivity contribution in [3.8, 4) is 11.5 Å². The fraction of sp³-hybridized carbons (Fsp3) is 0. The van der Waals surface area contributed by atoms with Gasteiger partial charge < -0.3 is 10.5 Å². The second-order valence-corrected chi connectivity index (χ2v) is 5.67. The number of rotatable bonds is 5. The zero-order valence-corrected chi connectivity index (χ0v) is 13.1. The summed E-state index contributed by atoms with van der Waals surface area (Å²) in [5, 5.41) is 2.89. The van der Waals surface area contributed by atoms with E-state index in [1.165, 1.54) is 24.7 Å². The van der Waals surface area contributed by atoms with Crippen molar-refractivity contribution in [1.29, 1.82) is 0 Å². The highest BCUT2D eigenvalue weighted by Gasteiger charge is 2.16. The maximum Gasteiger partial charge on any atom is 0.261 e. The van der Waals surface area contributed by atoms with Gasteiger partial charge in [-0.05, 0) is 18.2 Å². The van der Waals surface area contributed by atoms with Crippen molar-refractivity contribution in [3.63, 3.8) is 0 Å². The lowest BCUT2D eigenvalue weighted by molar-refractivity contribution is 0.1000. The molecule has 3 N–H and O–H groups in total. The number of carbonyl (C=O) groups is 2. The van der Waals surface area contributed by atoms with Crippen LogP contribution < -0.4 is 15.8 Å². The van der Waals surface area contributed by atoms with E-state index in [9.17, 15) is 9.59 Å². The van der Waals surface area contributed by atoms with E-state index in [1.807, 2.05) is 18.2 Å². The van der Waals surface area contributed by atoms with Gasteiger partial charge in [0.2, 0.25) is 0 Å². The number of carbonyl (C=O) groups excluding carboxylic acids is 2. The maximum absolute atomic E-state index is 12.4. The van der Waals surface area contributed by atoms with Crippen molar-refractivity contribution >= 4 is 28.3 Å². The van der Waals surface area contributed by atoms with Gasteiger partial charge in [0, 0.05) is 6.20 Å². The minimum absolute atomic E-state index is 0.265. The SMILES string of the molecule is NC(=O)c1cnc(NC(=O)c2ccncc2Oc2ccccc2)s1. The Balaban J connectivity index is 1.80. The van der Waals surface area contributed by atoms with Gasteiger partial charge in [-0.2, -0.15) is 0 Å². The number of para-hydroxylation sites is 1. The number of amides is 2. The van der Waals surface area contributed by atoms with Gasteiger partial charge in [0.25, 0.3) is 11.8 Å². The summed E-state index contributed by atoms with van der Waals surface area (Å²) in [4.78, 5) is 31.7. The molecule has 0 saturated heterocycles. The molecule has 1 aromatic carbocycles. The number of thiazole rings is 1. The van der Waals surface area contributed by atoms with Crippen LogP contribution in [-0.2, 0) is 0 Å². The maximum atomic E-state index is 12.4. The van der Waals surface area contributed by atoms with Crippen molar-refractivity contribution in [3.05, 3.63) is 65.4 Å². The van der Waals surface area contributed by atoms with Gasteiger partial charge in [0.1, 0.15) is 10.6 Å². The highest BCUT2D eigenvalue weighted by atomic mass is 32.1. The molecule has 0 aliphatic carbocycles. The van der Waals surface area contributed by atoms with Crippen LogP contribution in [0, 0.1) is 0 Å². The molecular weight excluding hydrogens is 328 g/mol. The summed E-state index contributed by atoms with van der Waals surface area (Å²) in [5.74, 6) is -0.114. The second kappa shape index (κ2) is 6.88. The van der Waals surface area contributed by atoms with Crippen LogP contribution in [-0.4, -0.2) is 21.8 Å². The van der Waals surface area contributed by atoms with Crippen LogP contribution in [0.25, 0.3) is 0 Å².